The Kier molecular flexibility index (Phi) is 12.0. The van der Waals surface area contributed by atoms with Crippen LogP contribution in [0.4, 0.5) is 0 Å². The van der Waals surface area contributed by atoms with Crippen LogP contribution < -0.4 is 10.6 Å². The first-order valence-corrected chi connectivity index (χ1v) is 7.81. The van der Waals surface area contributed by atoms with Crippen molar-refractivity contribution in [3.8, 4) is 0 Å². The average molecular weight is 470 g/mol. The number of aryl methyl sites for hydroxylation is 1. The van der Waals surface area contributed by atoms with Crippen molar-refractivity contribution in [3.05, 3.63) is 33.8 Å². The molecule has 4 nitrogen and oxygen atoms in total. The predicted molar refractivity (Wildman–Crippen MR) is 104 cm³/mol. The predicted octanol–water partition coefficient (Wildman–Crippen LogP) is 3.47. The zero-order chi connectivity index (χ0) is 14.8. The molecule has 0 aliphatic heterocycles. The SMILES string of the molecule is CCNC(=NCc1ccc(Br)cc1C)NCCOCC.I. The molecule has 0 atom stereocenters. The van der Waals surface area contributed by atoms with Gasteiger partial charge in [0.1, 0.15) is 0 Å². The van der Waals surface area contributed by atoms with Crippen molar-refractivity contribution in [1.29, 1.82) is 0 Å². The van der Waals surface area contributed by atoms with Crippen molar-refractivity contribution in [2.45, 2.75) is 27.3 Å². The minimum atomic E-state index is 0. The Morgan fingerprint density at radius 2 is 2.05 bits per heavy atom. The normalized spacial score (nSPS) is 11.0. The summed E-state index contributed by atoms with van der Waals surface area (Å²) in [7, 11) is 0. The van der Waals surface area contributed by atoms with Crippen LogP contribution in [0, 0.1) is 6.92 Å². The monoisotopic (exact) mass is 469 g/mol. The Labute approximate surface area is 153 Å². The molecule has 0 aliphatic carbocycles. The van der Waals surface area contributed by atoms with Gasteiger partial charge in [0.05, 0.1) is 13.2 Å². The zero-order valence-electron chi connectivity index (χ0n) is 12.9. The van der Waals surface area contributed by atoms with E-state index in [4.69, 9.17) is 4.74 Å². The molecule has 0 unspecified atom stereocenters. The lowest BCUT2D eigenvalue weighted by Crippen LogP contribution is -2.39. The maximum Gasteiger partial charge on any atom is 0.191 e. The van der Waals surface area contributed by atoms with Gasteiger partial charge in [0.25, 0.3) is 0 Å². The van der Waals surface area contributed by atoms with Gasteiger partial charge in [0.15, 0.2) is 5.96 Å². The maximum absolute atomic E-state index is 5.31. The van der Waals surface area contributed by atoms with E-state index in [0.29, 0.717) is 13.2 Å². The summed E-state index contributed by atoms with van der Waals surface area (Å²) < 4.78 is 6.41. The lowest BCUT2D eigenvalue weighted by molar-refractivity contribution is 0.152. The molecule has 0 bridgehead atoms. The first-order valence-electron chi connectivity index (χ1n) is 7.02. The molecule has 0 aliphatic rings. The molecule has 2 N–H and O–H groups in total. The van der Waals surface area contributed by atoms with E-state index in [9.17, 15) is 0 Å². The van der Waals surface area contributed by atoms with Gasteiger partial charge in [-0.25, -0.2) is 4.99 Å². The fraction of sp³-hybridized carbons (Fsp3) is 0.533. The van der Waals surface area contributed by atoms with Gasteiger partial charge in [-0.05, 0) is 44.0 Å². The molecule has 21 heavy (non-hydrogen) atoms. The third kappa shape index (κ3) is 8.63. The molecule has 1 aromatic rings. The van der Waals surface area contributed by atoms with Crippen LogP contribution in [0.3, 0.4) is 0 Å². The van der Waals surface area contributed by atoms with Crippen LogP contribution in [0.1, 0.15) is 25.0 Å². The summed E-state index contributed by atoms with van der Waals surface area (Å²) in [6, 6.07) is 6.26. The van der Waals surface area contributed by atoms with Gasteiger partial charge >= 0.3 is 0 Å². The number of ether oxygens (including phenoxy) is 1. The van der Waals surface area contributed by atoms with Crippen molar-refractivity contribution in [1.82, 2.24) is 10.6 Å². The number of nitrogens with zero attached hydrogens (tertiary/aromatic N) is 1. The van der Waals surface area contributed by atoms with Crippen LogP contribution >= 0.6 is 39.9 Å². The third-order valence-corrected chi connectivity index (χ3v) is 3.29. The molecular formula is C15H25BrIN3O. The Morgan fingerprint density at radius 3 is 2.67 bits per heavy atom. The molecular weight excluding hydrogens is 445 g/mol. The van der Waals surface area contributed by atoms with Crippen LogP contribution in [0.25, 0.3) is 0 Å². The highest BCUT2D eigenvalue weighted by molar-refractivity contribution is 14.0. The van der Waals surface area contributed by atoms with Crippen LogP contribution in [0.15, 0.2) is 27.7 Å². The minimum absolute atomic E-state index is 0. The van der Waals surface area contributed by atoms with Crippen molar-refractivity contribution in [3.63, 3.8) is 0 Å². The zero-order valence-corrected chi connectivity index (χ0v) is 16.8. The molecule has 0 amide bonds. The Bertz CT molecular complexity index is 441. The third-order valence-electron chi connectivity index (χ3n) is 2.80. The summed E-state index contributed by atoms with van der Waals surface area (Å²) in [5.74, 6) is 0.828. The summed E-state index contributed by atoms with van der Waals surface area (Å²) in [4.78, 5) is 4.60. The van der Waals surface area contributed by atoms with Crippen LogP contribution in [-0.4, -0.2) is 32.3 Å². The number of aliphatic imine (C=N–C) groups is 1. The molecule has 0 radical (unpaired) electrons. The van der Waals surface area contributed by atoms with Crippen LogP contribution in [-0.2, 0) is 11.3 Å². The highest BCUT2D eigenvalue weighted by Crippen LogP contribution is 2.16. The average Bonchev–Trinajstić information content (AvgIpc) is 2.42. The Balaban J connectivity index is 0.00000400. The summed E-state index contributed by atoms with van der Waals surface area (Å²) in [5, 5.41) is 6.50. The van der Waals surface area contributed by atoms with Crippen LogP contribution in [0.5, 0.6) is 0 Å². The first-order chi connectivity index (χ1) is 9.67. The molecule has 1 rings (SSSR count). The van der Waals surface area contributed by atoms with Crippen molar-refractivity contribution in [2.24, 2.45) is 4.99 Å². The van der Waals surface area contributed by atoms with E-state index in [1.54, 1.807) is 0 Å². The molecule has 0 spiro atoms. The molecule has 1 aromatic carbocycles. The number of guanidine groups is 1. The molecule has 0 fully saturated rings. The minimum Gasteiger partial charge on any atom is -0.380 e. The fourth-order valence-electron chi connectivity index (χ4n) is 1.73. The summed E-state index contributed by atoms with van der Waals surface area (Å²) in [6.45, 7) is 9.87. The summed E-state index contributed by atoms with van der Waals surface area (Å²) in [5.41, 5.74) is 2.48. The molecule has 0 saturated carbocycles. The number of benzene rings is 1. The topological polar surface area (TPSA) is 45.7 Å². The first kappa shape index (κ1) is 20.7. The number of rotatable bonds is 7. The Hall–Kier alpha value is -0.340. The van der Waals surface area contributed by atoms with Crippen LogP contribution in [0.2, 0.25) is 0 Å². The van der Waals surface area contributed by atoms with E-state index < -0.39 is 0 Å². The summed E-state index contributed by atoms with van der Waals surface area (Å²) in [6.07, 6.45) is 0. The van der Waals surface area contributed by atoms with Gasteiger partial charge in [0, 0.05) is 24.2 Å². The molecule has 6 heteroatoms. The number of halogens is 2. The standard InChI is InChI=1S/C15H24BrN3O.HI/c1-4-17-15(18-8-9-20-5-2)19-11-13-6-7-14(16)10-12(13)3;/h6-7,10H,4-5,8-9,11H2,1-3H3,(H2,17,18,19);1H. The number of nitrogens with one attached hydrogen (secondary N) is 2. The molecule has 0 heterocycles. The Morgan fingerprint density at radius 1 is 1.29 bits per heavy atom. The van der Waals surface area contributed by atoms with E-state index in [1.165, 1.54) is 11.1 Å². The van der Waals surface area contributed by atoms with Gasteiger partial charge in [-0.15, -0.1) is 24.0 Å². The van der Waals surface area contributed by atoms with Gasteiger partial charge in [-0.2, -0.15) is 0 Å². The van der Waals surface area contributed by atoms with E-state index in [0.717, 1.165) is 30.1 Å². The number of hydrogen-bond donors (Lipinski definition) is 2. The molecule has 120 valence electrons. The van der Waals surface area contributed by atoms with Crippen molar-refractivity contribution >= 4 is 45.9 Å². The van der Waals surface area contributed by atoms with Gasteiger partial charge in [0.2, 0.25) is 0 Å². The highest BCUT2D eigenvalue weighted by atomic mass is 127. The summed E-state index contributed by atoms with van der Waals surface area (Å²) >= 11 is 3.48. The van der Waals surface area contributed by atoms with Gasteiger partial charge in [-0.1, -0.05) is 22.0 Å². The smallest absolute Gasteiger partial charge is 0.191 e. The fourth-order valence-corrected chi connectivity index (χ4v) is 2.20. The highest BCUT2D eigenvalue weighted by Gasteiger charge is 2.00. The second-order valence-corrected chi connectivity index (χ2v) is 5.31. The van der Waals surface area contributed by atoms with Crippen molar-refractivity contribution < 1.29 is 4.74 Å². The van der Waals surface area contributed by atoms with Gasteiger partial charge in [-0.3, -0.25) is 0 Å². The molecule has 0 saturated heterocycles. The van der Waals surface area contributed by atoms with E-state index in [2.05, 4.69) is 57.5 Å². The quantitative estimate of drug-likeness (QED) is 0.278. The van der Waals surface area contributed by atoms with E-state index >= 15 is 0 Å². The molecule has 0 aromatic heterocycles. The largest absolute Gasteiger partial charge is 0.380 e. The lowest BCUT2D eigenvalue weighted by Gasteiger charge is -2.11. The number of hydrogen-bond acceptors (Lipinski definition) is 2. The second kappa shape index (κ2) is 12.2. The lowest BCUT2D eigenvalue weighted by atomic mass is 10.1. The van der Waals surface area contributed by atoms with E-state index in [1.807, 2.05) is 13.0 Å². The van der Waals surface area contributed by atoms with E-state index in [-0.39, 0.29) is 24.0 Å². The van der Waals surface area contributed by atoms with Crippen molar-refractivity contribution in [2.75, 3.05) is 26.3 Å². The maximum atomic E-state index is 5.31. The van der Waals surface area contributed by atoms with Gasteiger partial charge < -0.3 is 15.4 Å². The second-order valence-electron chi connectivity index (χ2n) is 4.39.